The van der Waals surface area contributed by atoms with Gasteiger partial charge in [0.05, 0.1) is 0 Å². The lowest BCUT2D eigenvalue weighted by atomic mass is 10.1. The molecule has 0 nitrogen and oxygen atoms in total. The summed E-state index contributed by atoms with van der Waals surface area (Å²) in [5, 5.41) is 0. The lowest BCUT2D eigenvalue weighted by Crippen LogP contribution is -1.97. The molecule has 0 saturated heterocycles. The minimum Gasteiger partial charge on any atom is -0.269 e. The molecule has 0 aliphatic rings. The Morgan fingerprint density at radius 2 is 0.577 bits per heavy atom. The van der Waals surface area contributed by atoms with E-state index in [0.29, 0.717) is 7.92 Å². The Labute approximate surface area is 167 Å². The molecule has 0 rings (SSSR count). The van der Waals surface area contributed by atoms with Crippen molar-refractivity contribution in [1.29, 1.82) is 0 Å². The van der Waals surface area contributed by atoms with Gasteiger partial charge in [0.25, 0.3) is 0 Å². The van der Waals surface area contributed by atoms with Gasteiger partial charge in [-0.2, -0.15) is 0 Å². The fourth-order valence-corrected chi connectivity index (χ4v) is 6.37. The SMILES string of the molecule is CCCCCCCCP(CCCCCCCC)CCCCCCCC.F. The third-order valence-electron chi connectivity index (χ3n) is 5.48. The van der Waals surface area contributed by atoms with Crippen LogP contribution in [0, 0.1) is 0 Å². The van der Waals surface area contributed by atoms with E-state index < -0.39 is 0 Å². The maximum absolute atomic E-state index is 2.32. The first-order valence-electron chi connectivity index (χ1n) is 12.1. The van der Waals surface area contributed by atoms with E-state index in [1.54, 1.807) is 18.5 Å². The van der Waals surface area contributed by atoms with E-state index in [0.717, 1.165) is 0 Å². The Morgan fingerprint density at radius 3 is 0.846 bits per heavy atom. The molecule has 0 aromatic carbocycles. The Hall–Kier alpha value is 0.360. The maximum Gasteiger partial charge on any atom is -0.0326 e. The zero-order valence-corrected chi connectivity index (χ0v) is 19.6. The summed E-state index contributed by atoms with van der Waals surface area (Å²) in [5.74, 6) is 0. The van der Waals surface area contributed by atoms with Crippen molar-refractivity contribution in [3.8, 4) is 0 Å². The Balaban J connectivity index is 0. The number of rotatable bonds is 21. The normalized spacial score (nSPS) is 11.1. The van der Waals surface area contributed by atoms with Crippen LogP contribution < -0.4 is 0 Å². The van der Waals surface area contributed by atoms with Crippen LogP contribution in [-0.4, -0.2) is 18.5 Å². The Kier molecular flexibility index (Phi) is 27.9. The van der Waals surface area contributed by atoms with Crippen molar-refractivity contribution in [3.05, 3.63) is 0 Å². The molecule has 0 saturated carbocycles. The van der Waals surface area contributed by atoms with Crippen LogP contribution in [0.4, 0.5) is 4.70 Å². The molecule has 0 bridgehead atoms. The fraction of sp³-hybridized carbons (Fsp3) is 1.00. The van der Waals surface area contributed by atoms with Crippen LogP contribution in [-0.2, 0) is 0 Å². The topological polar surface area (TPSA) is 0 Å². The number of unbranched alkanes of at least 4 members (excludes halogenated alkanes) is 15. The van der Waals surface area contributed by atoms with E-state index in [2.05, 4.69) is 20.8 Å². The van der Waals surface area contributed by atoms with Crippen molar-refractivity contribution >= 4 is 7.92 Å². The highest BCUT2D eigenvalue weighted by atomic mass is 31.1. The Bertz CT molecular complexity index is 194. The van der Waals surface area contributed by atoms with Gasteiger partial charge in [-0.05, 0) is 37.7 Å². The number of halogens is 1. The first kappa shape index (κ1) is 28.6. The third kappa shape index (κ3) is 22.4. The Morgan fingerprint density at radius 1 is 0.346 bits per heavy atom. The third-order valence-corrected chi connectivity index (χ3v) is 8.33. The van der Waals surface area contributed by atoms with Gasteiger partial charge in [-0.15, -0.1) is 7.92 Å². The molecule has 0 fully saturated rings. The van der Waals surface area contributed by atoms with Crippen molar-refractivity contribution in [2.45, 2.75) is 136 Å². The molecule has 160 valence electrons. The van der Waals surface area contributed by atoms with E-state index in [-0.39, 0.29) is 4.70 Å². The minimum absolute atomic E-state index is 0. The summed E-state index contributed by atoms with van der Waals surface area (Å²) in [5.41, 5.74) is 0. The van der Waals surface area contributed by atoms with E-state index in [9.17, 15) is 0 Å². The van der Waals surface area contributed by atoms with Crippen LogP contribution in [0.25, 0.3) is 0 Å². The summed E-state index contributed by atoms with van der Waals surface area (Å²) in [6.07, 6.45) is 31.2. The molecule has 0 atom stereocenters. The molecule has 0 aliphatic heterocycles. The van der Waals surface area contributed by atoms with Crippen molar-refractivity contribution in [3.63, 3.8) is 0 Å². The molecule has 0 amide bonds. The smallest absolute Gasteiger partial charge is 0.0326 e. The van der Waals surface area contributed by atoms with E-state index in [4.69, 9.17) is 0 Å². The van der Waals surface area contributed by atoms with Crippen molar-refractivity contribution in [1.82, 2.24) is 0 Å². The zero-order valence-electron chi connectivity index (χ0n) is 18.7. The molecule has 0 unspecified atom stereocenters. The molecule has 0 heterocycles. The van der Waals surface area contributed by atoms with E-state index in [1.807, 2.05) is 0 Å². The predicted octanol–water partition coefficient (Wildman–Crippen LogP) is 9.70. The molecule has 26 heavy (non-hydrogen) atoms. The summed E-state index contributed by atoms with van der Waals surface area (Å²) in [6.45, 7) is 6.96. The number of hydrogen-bond donors (Lipinski definition) is 0. The standard InChI is InChI=1S/C24H51P.FH/c1-4-7-10-13-16-19-22-25(23-20-17-14-11-8-5-2)24-21-18-15-12-9-6-3;/h4-24H2,1-3H3;1H. The highest BCUT2D eigenvalue weighted by molar-refractivity contribution is 7.57. The van der Waals surface area contributed by atoms with Gasteiger partial charge < -0.3 is 0 Å². The number of hydrogen-bond acceptors (Lipinski definition) is 0. The first-order valence-corrected chi connectivity index (χ1v) is 14.0. The second kappa shape index (κ2) is 25.4. The molecular formula is C24H52FP. The quantitative estimate of drug-likeness (QED) is 0.135. The average Bonchev–Trinajstić information content (AvgIpc) is 2.63. The lowest BCUT2D eigenvalue weighted by Gasteiger charge is -2.18. The molecular weight excluding hydrogens is 338 g/mol. The summed E-state index contributed by atoms with van der Waals surface area (Å²) < 4.78 is 0. The maximum atomic E-state index is 2.32. The molecule has 0 aromatic heterocycles. The lowest BCUT2D eigenvalue weighted by molar-refractivity contribution is 0.617. The van der Waals surface area contributed by atoms with Gasteiger partial charge >= 0.3 is 0 Å². The van der Waals surface area contributed by atoms with Gasteiger partial charge in [0, 0.05) is 0 Å². The van der Waals surface area contributed by atoms with Crippen molar-refractivity contribution in [2.75, 3.05) is 18.5 Å². The summed E-state index contributed by atoms with van der Waals surface area (Å²) in [7, 11) is 0.366. The first-order chi connectivity index (χ1) is 12.3. The second-order valence-corrected chi connectivity index (χ2v) is 10.8. The highest BCUT2D eigenvalue weighted by Gasteiger charge is 2.07. The van der Waals surface area contributed by atoms with Crippen LogP contribution in [0.3, 0.4) is 0 Å². The van der Waals surface area contributed by atoms with Gasteiger partial charge in [-0.25, -0.2) is 0 Å². The zero-order chi connectivity index (χ0) is 18.4. The second-order valence-electron chi connectivity index (χ2n) is 8.14. The van der Waals surface area contributed by atoms with Gasteiger partial charge in [0.1, 0.15) is 0 Å². The largest absolute Gasteiger partial charge is 0.269 e. The molecule has 0 N–H and O–H groups in total. The molecule has 0 aromatic rings. The predicted molar refractivity (Wildman–Crippen MR) is 124 cm³/mol. The van der Waals surface area contributed by atoms with Gasteiger partial charge in [-0.3, -0.25) is 4.70 Å². The van der Waals surface area contributed by atoms with Crippen LogP contribution >= 0.6 is 7.92 Å². The molecule has 0 spiro atoms. The molecule has 0 radical (unpaired) electrons. The van der Waals surface area contributed by atoms with Gasteiger partial charge in [0.15, 0.2) is 0 Å². The van der Waals surface area contributed by atoms with Gasteiger partial charge in [0.2, 0.25) is 0 Å². The average molecular weight is 391 g/mol. The minimum atomic E-state index is 0. The highest BCUT2D eigenvalue weighted by Crippen LogP contribution is 2.39. The fourth-order valence-electron chi connectivity index (χ4n) is 3.68. The molecule has 2 heteroatoms. The van der Waals surface area contributed by atoms with Gasteiger partial charge in [-0.1, -0.05) is 117 Å². The van der Waals surface area contributed by atoms with Crippen molar-refractivity contribution in [2.24, 2.45) is 0 Å². The van der Waals surface area contributed by atoms with Crippen LogP contribution in [0.5, 0.6) is 0 Å². The monoisotopic (exact) mass is 390 g/mol. The summed E-state index contributed by atoms with van der Waals surface area (Å²) in [4.78, 5) is 0. The van der Waals surface area contributed by atoms with E-state index in [1.165, 1.54) is 116 Å². The van der Waals surface area contributed by atoms with Crippen LogP contribution in [0.2, 0.25) is 0 Å². The van der Waals surface area contributed by atoms with Crippen LogP contribution in [0.15, 0.2) is 0 Å². The van der Waals surface area contributed by atoms with Crippen LogP contribution in [0.1, 0.15) is 136 Å². The van der Waals surface area contributed by atoms with Crippen molar-refractivity contribution < 1.29 is 4.70 Å². The van der Waals surface area contributed by atoms with E-state index >= 15 is 0 Å². The summed E-state index contributed by atoms with van der Waals surface area (Å²) in [6, 6.07) is 0. The summed E-state index contributed by atoms with van der Waals surface area (Å²) >= 11 is 0. The molecule has 0 aliphatic carbocycles.